The first-order valence-corrected chi connectivity index (χ1v) is 8.41. The summed E-state index contributed by atoms with van der Waals surface area (Å²) in [7, 11) is 0. The molecule has 2 aliphatic heterocycles. The molecule has 0 unspecified atom stereocenters. The van der Waals surface area contributed by atoms with Crippen molar-refractivity contribution in [2.45, 2.75) is 18.5 Å². The lowest BCUT2D eigenvalue weighted by Crippen LogP contribution is -2.37. The predicted molar refractivity (Wildman–Crippen MR) is 90.7 cm³/mol. The van der Waals surface area contributed by atoms with Crippen LogP contribution in [0.15, 0.2) is 59.8 Å². The summed E-state index contributed by atoms with van der Waals surface area (Å²) >= 11 is 0. The Balaban J connectivity index is 1.76. The van der Waals surface area contributed by atoms with E-state index in [2.05, 4.69) is 0 Å². The number of amides is 1. The molecule has 0 fully saturated rings. The number of hydrogen-bond donors (Lipinski definition) is 0. The number of ether oxygens (including phenoxy) is 1. The average molecular weight is 391 g/mol. The monoisotopic (exact) mass is 391 g/mol. The van der Waals surface area contributed by atoms with Crippen LogP contribution in [0, 0.1) is 5.82 Å². The summed E-state index contributed by atoms with van der Waals surface area (Å²) in [5, 5.41) is 0. The van der Waals surface area contributed by atoms with Crippen molar-refractivity contribution in [1.29, 1.82) is 0 Å². The molecule has 0 saturated heterocycles. The maximum Gasteiger partial charge on any atom is 0.416 e. The summed E-state index contributed by atoms with van der Waals surface area (Å²) < 4.78 is 56.7. The third-order valence-electron chi connectivity index (χ3n) is 4.84. The van der Waals surface area contributed by atoms with Crippen LogP contribution in [0.2, 0.25) is 0 Å². The van der Waals surface area contributed by atoms with Crippen molar-refractivity contribution in [2.24, 2.45) is 0 Å². The molecule has 2 heterocycles. The minimum Gasteiger partial charge on any atom is -0.456 e. The van der Waals surface area contributed by atoms with Gasteiger partial charge in [0.1, 0.15) is 12.4 Å². The number of carbonyl (C=O) groups excluding carboxylic acids is 2. The Morgan fingerprint density at radius 3 is 2.21 bits per heavy atom. The molecule has 2 aromatic rings. The first kappa shape index (κ1) is 18.2. The van der Waals surface area contributed by atoms with Crippen molar-refractivity contribution < 1.29 is 31.9 Å². The zero-order valence-electron chi connectivity index (χ0n) is 14.3. The number of anilines is 1. The van der Waals surface area contributed by atoms with Crippen LogP contribution < -0.4 is 4.90 Å². The number of alkyl halides is 3. The van der Waals surface area contributed by atoms with Crippen molar-refractivity contribution in [3.8, 4) is 0 Å². The molecule has 0 aliphatic carbocycles. The van der Waals surface area contributed by atoms with E-state index < -0.39 is 29.4 Å². The molecule has 0 aromatic heterocycles. The summed E-state index contributed by atoms with van der Waals surface area (Å²) in [4.78, 5) is 26.3. The van der Waals surface area contributed by atoms with Crippen LogP contribution in [-0.4, -0.2) is 18.5 Å². The van der Waals surface area contributed by atoms with Crippen molar-refractivity contribution in [2.75, 3.05) is 11.5 Å². The van der Waals surface area contributed by atoms with Crippen LogP contribution in [-0.2, 0) is 20.5 Å². The fourth-order valence-corrected chi connectivity index (χ4v) is 3.53. The smallest absolute Gasteiger partial charge is 0.416 e. The molecule has 1 amide bonds. The highest BCUT2D eigenvalue weighted by Gasteiger charge is 2.43. The normalized spacial score (nSPS) is 19.7. The van der Waals surface area contributed by atoms with Gasteiger partial charge in [-0.2, -0.15) is 13.2 Å². The van der Waals surface area contributed by atoms with Crippen LogP contribution in [0.1, 0.15) is 23.5 Å². The zero-order chi connectivity index (χ0) is 20.1. The Hall–Kier alpha value is -3.16. The molecule has 28 heavy (non-hydrogen) atoms. The first-order chi connectivity index (χ1) is 13.3. The first-order valence-electron chi connectivity index (χ1n) is 8.41. The summed E-state index contributed by atoms with van der Waals surface area (Å²) in [6.07, 6.45) is -4.57. The molecule has 0 N–H and O–H groups in total. The van der Waals surface area contributed by atoms with Crippen molar-refractivity contribution >= 4 is 17.6 Å². The molecule has 2 aliphatic rings. The number of benzene rings is 2. The van der Waals surface area contributed by atoms with Gasteiger partial charge in [-0.25, -0.2) is 9.18 Å². The maximum absolute atomic E-state index is 13.2. The molecular weight excluding hydrogens is 378 g/mol. The Morgan fingerprint density at radius 2 is 1.61 bits per heavy atom. The highest BCUT2D eigenvalue weighted by molar-refractivity contribution is 6.06. The van der Waals surface area contributed by atoms with E-state index in [0.29, 0.717) is 11.3 Å². The lowest BCUT2D eigenvalue weighted by atomic mass is 9.84. The second kappa shape index (κ2) is 6.47. The van der Waals surface area contributed by atoms with E-state index in [1.807, 2.05) is 0 Å². The fraction of sp³-hybridized carbons (Fsp3) is 0.200. The SMILES string of the molecule is O=C1OCC2=C1[C@H](c1ccc(F)cc1)CC(=O)N2c1ccc(C(F)(F)F)cc1. The summed E-state index contributed by atoms with van der Waals surface area (Å²) in [5.74, 6) is -2.01. The molecule has 0 spiro atoms. The Labute approximate surface area is 157 Å². The van der Waals surface area contributed by atoms with Gasteiger partial charge >= 0.3 is 12.1 Å². The number of carbonyl (C=O) groups is 2. The van der Waals surface area contributed by atoms with Crippen molar-refractivity contribution in [1.82, 2.24) is 0 Å². The van der Waals surface area contributed by atoms with Gasteiger partial charge in [0.2, 0.25) is 5.91 Å². The van der Waals surface area contributed by atoms with E-state index >= 15 is 0 Å². The quantitative estimate of drug-likeness (QED) is 0.570. The minimum atomic E-state index is -4.49. The van der Waals surface area contributed by atoms with Gasteiger partial charge in [-0.05, 0) is 42.0 Å². The highest BCUT2D eigenvalue weighted by Crippen LogP contribution is 2.42. The van der Waals surface area contributed by atoms with E-state index in [0.717, 1.165) is 12.1 Å². The van der Waals surface area contributed by atoms with E-state index in [-0.39, 0.29) is 30.2 Å². The molecule has 4 nitrogen and oxygen atoms in total. The standard InChI is InChI=1S/C20H13F4NO3/c21-13-5-1-11(2-6-13)15-9-17(26)25(16-10-28-19(27)18(15)16)14-7-3-12(4-8-14)20(22,23)24/h1-8,15H,9-10H2/t15-/m0/s1. The maximum atomic E-state index is 13.2. The van der Waals surface area contributed by atoms with Gasteiger partial charge in [-0.15, -0.1) is 0 Å². The van der Waals surface area contributed by atoms with Crippen LogP contribution in [0.3, 0.4) is 0 Å². The number of nitrogens with zero attached hydrogens (tertiary/aromatic N) is 1. The van der Waals surface area contributed by atoms with Crippen LogP contribution >= 0.6 is 0 Å². The Bertz CT molecular complexity index is 978. The number of rotatable bonds is 2. The van der Waals surface area contributed by atoms with Gasteiger partial charge in [-0.1, -0.05) is 12.1 Å². The molecular formula is C20H13F4NO3. The van der Waals surface area contributed by atoms with E-state index in [1.165, 1.54) is 41.3 Å². The summed E-state index contributed by atoms with van der Waals surface area (Å²) in [6.45, 7) is -0.154. The van der Waals surface area contributed by atoms with Gasteiger partial charge in [-0.3, -0.25) is 9.69 Å². The van der Waals surface area contributed by atoms with Crippen LogP contribution in [0.5, 0.6) is 0 Å². The van der Waals surface area contributed by atoms with Gasteiger partial charge in [0, 0.05) is 18.0 Å². The fourth-order valence-electron chi connectivity index (χ4n) is 3.53. The van der Waals surface area contributed by atoms with E-state index in [4.69, 9.17) is 4.74 Å². The number of halogens is 4. The highest BCUT2D eigenvalue weighted by atomic mass is 19.4. The molecule has 8 heteroatoms. The third-order valence-corrected chi connectivity index (χ3v) is 4.84. The second-order valence-corrected chi connectivity index (χ2v) is 6.52. The number of cyclic esters (lactones) is 1. The third kappa shape index (κ3) is 3.04. The molecule has 2 aromatic carbocycles. The molecule has 0 saturated carbocycles. The minimum absolute atomic E-state index is 0.0828. The number of esters is 1. The van der Waals surface area contributed by atoms with Gasteiger partial charge in [0.05, 0.1) is 16.8 Å². The van der Waals surface area contributed by atoms with E-state index in [9.17, 15) is 27.2 Å². The summed E-state index contributed by atoms with van der Waals surface area (Å²) in [6, 6.07) is 9.61. The molecule has 1 atom stereocenters. The van der Waals surface area contributed by atoms with Crippen LogP contribution in [0.25, 0.3) is 0 Å². The summed E-state index contributed by atoms with van der Waals surface area (Å²) in [5.41, 5.74) is 0.550. The molecule has 144 valence electrons. The Morgan fingerprint density at radius 1 is 0.964 bits per heavy atom. The molecule has 0 radical (unpaired) electrons. The number of hydrogen-bond acceptors (Lipinski definition) is 3. The van der Waals surface area contributed by atoms with Gasteiger partial charge < -0.3 is 4.74 Å². The van der Waals surface area contributed by atoms with Crippen molar-refractivity contribution in [3.05, 3.63) is 76.7 Å². The van der Waals surface area contributed by atoms with E-state index in [1.54, 1.807) is 0 Å². The predicted octanol–water partition coefficient (Wildman–Crippen LogP) is 4.18. The molecule has 0 bridgehead atoms. The topological polar surface area (TPSA) is 46.6 Å². The lowest BCUT2D eigenvalue weighted by molar-refractivity contribution is -0.138. The lowest BCUT2D eigenvalue weighted by Gasteiger charge is -2.32. The Kier molecular flexibility index (Phi) is 4.21. The van der Waals surface area contributed by atoms with Gasteiger partial charge in [0.25, 0.3) is 0 Å². The largest absolute Gasteiger partial charge is 0.456 e. The van der Waals surface area contributed by atoms with Crippen LogP contribution in [0.4, 0.5) is 23.2 Å². The molecule has 4 rings (SSSR count). The van der Waals surface area contributed by atoms with Gasteiger partial charge in [0.15, 0.2) is 0 Å². The van der Waals surface area contributed by atoms with Crippen molar-refractivity contribution in [3.63, 3.8) is 0 Å². The average Bonchev–Trinajstić information content (AvgIpc) is 3.03. The zero-order valence-corrected chi connectivity index (χ0v) is 14.3. The second-order valence-electron chi connectivity index (χ2n) is 6.52.